The van der Waals surface area contributed by atoms with Crippen LogP contribution in [0.2, 0.25) is 0 Å². The fourth-order valence-corrected chi connectivity index (χ4v) is 5.91. The van der Waals surface area contributed by atoms with Crippen LogP contribution in [0.3, 0.4) is 0 Å². The SMILES string of the molecule is CCc1cc(C(=O)N[C@@H]2CN(C(=O)O)CCC[C@]2(OC(=O)c2ccccc2)C(=O)c2c(F)cc(F)cc2OCOC)cc(CC)c1OCOC. The minimum atomic E-state index is -2.40. The fraction of sp³-hybridized carbons (Fsp3) is 0.389. The van der Waals surface area contributed by atoms with E-state index in [-0.39, 0.29) is 37.3 Å². The van der Waals surface area contributed by atoms with Crippen molar-refractivity contribution in [3.63, 3.8) is 0 Å². The van der Waals surface area contributed by atoms with Crippen LogP contribution < -0.4 is 14.8 Å². The van der Waals surface area contributed by atoms with Crippen LogP contribution in [-0.2, 0) is 27.1 Å². The first kappa shape index (κ1) is 37.7. The van der Waals surface area contributed by atoms with Crippen molar-refractivity contribution in [2.24, 2.45) is 0 Å². The monoisotopic (exact) mass is 698 g/mol. The molecule has 2 N–H and O–H groups in total. The maximum Gasteiger partial charge on any atom is 0.407 e. The second kappa shape index (κ2) is 17.0. The van der Waals surface area contributed by atoms with Gasteiger partial charge in [-0.2, -0.15) is 0 Å². The molecule has 0 unspecified atom stereocenters. The van der Waals surface area contributed by atoms with Gasteiger partial charge in [-0.05, 0) is 61.1 Å². The number of likely N-dealkylation sites (tertiary alicyclic amines) is 1. The lowest BCUT2D eigenvalue weighted by atomic mass is 9.81. The van der Waals surface area contributed by atoms with Crippen molar-refractivity contribution in [2.75, 3.05) is 40.9 Å². The van der Waals surface area contributed by atoms with Crippen LogP contribution in [0, 0.1) is 11.6 Å². The van der Waals surface area contributed by atoms with E-state index in [0.717, 1.165) is 11.0 Å². The molecule has 12 nitrogen and oxygen atoms in total. The van der Waals surface area contributed by atoms with E-state index in [1.807, 2.05) is 13.8 Å². The minimum Gasteiger partial charge on any atom is -0.467 e. The van der Waals surface area contributed by atoms with E-state index in [1.165, 1.54) is 26.4 Å². The van der Waals surface area contributed by atoms with Gasteiger partial charge in [0, 0.05) is 45.0 Å². The van der Waals surface area contributed by atoms with Crippen LogP contribution in [0.15, 0.2) is 54.6 Å². The van der Waals surface area contributed by atoms with Gasteiger partial charge in [-0.25, -0.2) is 18.4 Å². The number of carbonyl (C=O) groups excluding carboxylic acids is 3. The molecule has 0 spiro atoms. The van der Waals surface area contributed by atoms with E-state index in [0.29, 0.717) is 35.8 Å². The van der Waals surface area contributed by atoms with Crippen molar-refractivity contribution in [3.8, 4) is 11.5 Å². The Labute approximate surface area is 288 Å². The summed E-state index contributed by atoms with van der Waals surface area (Å²) in [4.78, 5) is 55.9. The summed E-state index contributed by atoms with van der Waals surface area (Å²) in [6.45, 7) is 2.60. The molecule has 50 heavy (non-hydrogen) atoms. The van der Waals surface area contributed by atoms with Crippen LogP contribution in [0.25, 0.3) is 0 Å². The molecule has 2 amide bonds. The second-order valence-corrected chi connectivity index (χ2v) is 11.5. The normalized spacial score (nSPS) is 17.4. The molecule has 14 heteroatoms. The molecule has 0 saturated carbocycles. The highest BCUT2D eigenvalue weighted by molar-refractivity contribution is 6.08. The molecule has 1 fully saturated rings. The summed E-state index contributed by atoms with van der Waals surface area (Å²) in [5.74, 6) is -5.27. The summed E-state index contributed by atoms with van der Waals surface area (Å²) in [6.07, 6.45) is -0.776. The fourth-order valence-electron chi connectivity index (χ4n) is 5.91. The van der Waals surface area contributed by atoms with E-state index in [9.17, 15) is 28.7 Å². The number of hydrogen-bond acceptors (Lipinski definition) is 9. The van der Waals surface area contributed by atoms with Crippen LogP contribution in [0.1, 0.15) is 68.9 Å². The molecule has 0 radical (unpaired) electrons. The molecule has 2 atom stereocenters. The van der Waals surface area contributed by atoms with Crippen molar-refractivity contribution in [1.29, 1.82) is 0 Å². The molecule has 268 valence electrons. The van der Waals surface area contributed by atoms with Gasteiger partial charge in [-0.15, -0.1) is 0 Å². The average Bonchev–Trinajstić information content (AvgIpc) is 3.29. The van der Waals surface area contributed by atoms with Gasteiger partial charge in [-0.1, -0.05) is 32.0 Å². The molecule has 0 aliphatic carbocycles. The van der Waals surface area contributed by atoms with Gasteiger partial charge in [0.15, 0.2) is 19.2 Å². The number of rotatable bonds is 14. The highest BCUT2D eigenvalue weighted by Crippen LogP contribution is 2.37. The van der Waals surface area contributed by atoms with Crippen LogP contribution in [-0.4, -0.2) is 86.3 Å². The number of ether oxygens (including phenoxy) is 5. The van der Waals surface area contributed by atoms with Crippen LogP contribution >= 0.6 is 0 Å². The Hall–Kier alpha value is -5.08. The molecule has 0 bridgehead atoms. The number of halogens is 2. The predicted molar refractivity (Wildman–Crippen MR) is 176 cm³/mol. The number of benzene rings is 3. The Morgan fingerprint density at radius 2 is 1.56 bits per heavy atom. The zero-order valence-electron chi connectivity index (χ0n) is 28.3. The molecule has 1 aliphatic heterocycles. The van der Waals surface area contributed by atoms with E-state index >= 15 is 4.39 Å². The first-order chi connectivity index (χ1) is 24.0. The van der Waals surface area contributed by atoms with Crippen molar-refractivity contribution < 1.29 is 56.7 Å². The summed E-state index contributed by atoms with van der Waals surface area (Å²) in [5.41, 5.74) is -1.61. The summed E-state index contributed by atoms with van der Waals surface area (Å²) in [5, 5.41) is 12.8. The number of hydrogen-bond donors (Lipinski definition) is 2. The number of nitrogens with zero attached hydrogens (tertiary/aromatic N) is 1. The topological polar surface area (TPSA) is 150 Å². The maximum absolute atomic E-state index is 15.7. The number of methoxy groups -OCH3 is 2. The molecule has 0 aromatic heterocycles. The van der Waals surface area contributed by atoms with Gasteiger partial charge in [-0.3, -0.25) is 9.59 Å². The smallest absolute Gasteiger partial charge is 0.407 e. The maximum atomic E-state index is 15.7. The van der Waals surface area contributed by atoms with Gasteiger partial charge in [0.05, 0.1) is 17.2 Å². The molecular formula is C36H40F2N2O10. The molecule has 4 rings (SSSR count). The molecule has 1 saturated heterocycles. The van der Waals surface area contributed by atoms with E-state index in [4.69, 9.17) is 23.7 Å². The Balaban J connectivity index is 1.91. The molecule has 3 aromatic rings. The largest absolute Gasteiger partial charge is 0.467 e. The van der Waals surface area contributed by atoms with Crippen molar-refractivity contribution in [3.05, 3.63) is 94.0 Å². The summed E-state index contributed by atoms with van der Waals surface area (Å²) < 4.78 is 57.3. The molecule has 1 aliphatic rings. The number of carbonyl (C=O) groups is 4. The van der Waals surface area contributed by atoms with Gasteiger partial charge in [0.1, 0.15) is 23.1 Å². The summed E-state index contributed by atoms with van der Waals surface area (Å²) >= 11 is 0. The lowest BCUT2D eigenvalue weighted by Gasteiger charge is -2.39. The van der Waals surface area contributed by atoms with Crippen molar-refractivity contribution >= 4 is 23.8 Å². The second-order valence-electron chi connectivity index (χ2n) is 11.5. The molecule has 3 aromatic carbocycles. The zero-order chi connectivity index (χ0) is 36.4. The summed E-state index contributed by atoms with van der Waals surface area (Å²) in [6, 6.07) is 10.5. The van der Waals surface area contributed by atoms with Crippen LogP contribution in [0.4, 0.5) is 13.6 Å². The zero-order valence-corrected chi connectivity index (χ0v) is 28.3. The first-order valence-corrected chi connectivity index (χ1v) is 16.0. The average molecular weight is 699 g/mol. The Morgan fingerprint density at radius 3 is 2.16 bits per heavy atom. The third-order valence-corrected chi connectivity index (χ3v) is 8.35. The van der Waals surface area contributed by atoms with Crippen molar-refractivity contribution in [1.82, 2.24) is 10.2 Å². The Morgan fingerprint density at radius 1 is 0.920 bits per heavy atom. The Kier molecular flexibility index (Phi) is 12.9. The third kappa shape index (κ3) is 8.37. The number of carboxylic acid groups (broad SMARTS) is 1. The number of amides is 2. The minimum absolute atomic E-state index is 0.0217. The number of ketones is 1. The van der Waals surface area contributed by atoms with Gasteiger partial charge in [0.2, 0.25) is 5.78 Å². The van der Waals surface area contributed by atoms with Gasteiger partial charge >= 0.3 is 12.1 Å². The lowest BCUT2D eigenvalue weighted by molar-refractivity contribution is -0.0277. The van der Waals surface area contributed by atoms with E-state index in [2.05, 4.69) is 5.32 Å². The Bertz CT molecular complexity index is 1680. The van der Waals surface area contributed by atoms with Gasteiger partial charge in [0.25, 0.3) is 5.91 Å². The van der Waals surface area contributed by atoms with Crippen LogP contribution in [0.5, 0.6) is 11.5 Å². The quantitative estimate of drug-likeness (QED) is 0.127. The van der Waals surface area contributed by atoms with Crippen molar-refractivity contribution in [2.45, 2.75) is 51.2 Å². The number of Topliss-reactive ketones (excluding diaryl/α,β-unsaturated/α-hetero) is 1. The first-order valence-electron chi connectivity index (χ1n) is 16.0. The third-order valence-electron chi connectivity index (χ3n) is 8.35. The number of aryl methyl sites for hydroxylation is 2. The highest BCUT2D eigenvalue weighted by Gasteiger charge is 2.54. The number of nitrogens with one attached hydrogen (secondary N) is 1. The molecular weight excluding hydrogens is 658 g/mol. The van der Waals surface area contributed by atoms with E-state index in [1.54, 1.807) is 30.3 Å². The standard InChI is InChI=1S/C36H40F2N2O10/c1-5-22-15-25(16-23(6-2)31(22)49-21-47-4)33(42)39-29-19-40(35(44)45)14-10-13-36(29,50-34(43)24-11-8-7-9-12-24)32(41)30-27(38)17-26(37)18-28(30)48-20-46-3/h7-9,11-12,15-18,29H,5-6,10,13-14,19-21H2,1-4H3,(H,39,42)(H,44,45)/t29-,36-/m1/s1. The van der Waals surface area contributed by atoms with Gasteiger partial charge < -0.3 is 39.0 Å². The highest BCUT2D eigenvalue weighted by atomic mass is 19.1. The number of esters is 1. The lowest BCUT2D eigenvalue weighted by Crippen LogP contribution is -2.62. The summed E-state index contributed by atoms with van der Waals surface area (Å²) in [7, 11) is 2.75. The van der Waals surface area contributed by atoms with E-state index < -0.39 is 71.7 Å². The predicted octanol–water partition coefficient (Wildman–Crippen LogP) is 5.41. The molecule has 1 heterocycles.